The van der Waals surface area contributed by atoms with Gasteiger partial charge in [-0.05, 0) is 32.0 Å². The molecule has 0 radical (unpaired) electrons. The van der Waals surface area contributed by atoms with Crippen LogP contribution in [0.2, 0.25) is 0 Å². The second-order valence-corrected chi connectivity index (χ2v) is 4.76. The highest BCUT2D eigenvalue weighted by atomic mass is 19.1. The molecular formula is C13H16FNO4. The number of carbonyl (C=O) groups is 2. The van der Waals surface area contributed by atoms with Gasteiger partial charge < -0.3 is 15.2 Å². The van der Waals surface area contributed by atoms with Crippen molar-refractivity contribution in [1.82, 2.24) is 5.32 Å². The van der Waals surface area contributed by atoms with Crippen LogP contribution in [0.5, 0.6) is 5.75 Å². The summed E-state index contributed by atoms with van der Waals surface area (Å²) in [6, 6.07) is 3.70. The summed E-state index contributed by atoms with van der Waals surface area (Å²) < 4.78 is 18.0. The topological polar surface area (TPSA) is 75.6 Å². The van der Waals surface area contributed by atoms with E-state index in [0.29, 0.717) is 0 Å². The van der Waals surface area contributed by atoms with E-state index in [1.54, 1.807) is 13.8 Å². The number of hydrogen-bond donors (Lipinski definition) is 2. The summed E-state index contributed by atoms with van der Waals surface area (Å²) in [6.45, 7) is 3.19. The Kier molecular flexibility index (Phi) is 4.47. The SMILES string of the molecule is COc1cc(C(=O)NC(C)(C)CC(=O)O)ccc1F. The number of carboxylic acids is 1. The minimum absolute atomic E-state index is 0.0382. The second-order valence-electron chi connectivity index (χ2n) is 4.76. The molecule has 104 valence electrons. The second kappa shape index (κ2) is 5.69. The van der Waals surface area contributed by atoms with Crippen molar-refractivity contribution in [2.24, 2.45) is 0 Å². The molecule has 0 aliphatic heterocycles. The molecule has 19 heavy (non-hydrogen) atoms. The summed E-state index contributed by atoms with van der Waals surface area (Å²) >= 11 is 0. The van der Waals surface area contributed by atoms with E-state index >= 15 is 0 Å². The minimum atomic E-state index is -1.01. The van der Waals surface area contributed by atoms with Crippen LogP contribution < -0.4 is 10.1 Å². The van der Waals surface area contributed by atoms with Crippen LogP contribution in [0.4, 0.5) is 4.39 Å². The normalized spacial score (nSPS) is 10.9. The summed E-state index contributed by atoms with van der Waals surface area (Å²) in [5.41, 5.74) is -0.693. The minimum Gasteiger partial charge on any atom is -0.494 e. The molecule has 1 aromatic rings. The van der Waals surface area contributed by atoms with E-state index in [9.17, 15) is 14.0 Å². The van der Waals surface area contributed by atoms with Gasteiger partial charge in [0, 0.05) is 11.1 Å². The number of hydrogen-bond acceptors (Lipinski definition) is 3. The van der Waals surface area contributed by atoms with Crippen LogP contribution in [0.1, 0.15) is 30.6 Å². The maximum Gasteiger partial charge on any atom is 0.305 e. The Morgan fingerprint density at radius 1 is 1.42 bits per heavy atom. The lowest BCUT2D eigenvalue weighted by molar-refractivity contribution is -0.138. The van der Waals surface area contributed by atoms with E-state index in [2.05, 4.69) is 5.32 Å². The lowest BCUT2D eigenvalue weighted by Crippen LogP contribution is -2.44. The van der Waals surface area contributed by atoms with Gasteiger partial charge in [0.2, 0.25) is 0 Å². The smallest absolute Gasteiger partial charge is 0.305 e. The van der Waals surface area contributed by atoms with E-state index in [0.717, 1.165) is 6.07 Å². The third-order valence-electron chi connectivity index (χ3n) is 2.46. The van der Waals surface area contributed by atoms with Crippen molar-refractivity contribution >= 4 is 11.9 Å². The van der Waals surface area contributed by atoms with Crippen LogP contribution in [0, 0.1) is 5.82 Å². The molecule has 1 rings (SSSR count). The molecule has 1 amide bonds. The zero-order valence-electron chi connectivity index (χ0n) is 11.0. The number of nitrogens with one attached hydrogen (secondary N) is 1. The molecule has 0 unspecified atom stereocenters. The zero-order chi connectivity index (χ0) is 14.6. The third kappa shape index (κ3) is 4.24. The molecule has 0 aliphatic carbocycles. The first kappa shape index (κ1) is 14.9. The van der Waals surface area contributed by atoms with Crippen molar-refractivity contribution in [3.8, 4) is 5.75 Å². The maximum absolute atomic E-state index is 13.2. The van der Waals surface area contributed by atoms with Crippen LogP contribution >= 0.6 is 0 Å². The predicted octanol–water partition coefficient (Wildman–Crippen LogP) is 1.82. The summed E-state index contributed by atoms with van der Waals surface area (Å²) in [4.78, 5) is 22.6. The Hall–Kier alpha value is -2.11. The van der Waals surface area contributed by atoms with Crippen molar-refractivity contribution in [3.05, 3.63) is 29.6 Å². The summed E-state index contributed by atoms with van der Waals surface area (Å²) in [5.74, 6) is -2.10. The predicted molar refractivity (Wildman–Crippen MR) is 66.8 cm³/mol. The maximum atomic E-state index is 13.2. The highest BCUT2D eigenvalue weighted by molar-refractivity contribution is 5.95. The van der Waals surface area contributed by atoms with Crippen molar-refractivity contribution in [2.45, 2.75) is 25.8 Å². The zero-order valence-corrected chi connectivity index (χ0v) is 11.0. The van der Waals surface area contributed by atoms with Crippen LogP contribution in [0.25, 0.3) is 0 Å². The fourth-order valence-electron chi connectivity index (χ4n) is 1.60. The number of benzene rings is 1. The molecule has 0 spiro atoms. The van der Waals surface area contributed by atoms with Gasteiger partial charge >= 0.3 is 5.97 Å². The Morgan fingerprint density at radius 2 is 2.05 bits per heavy atom. The van der Waals surface area contributed by atoms with Gasteiger partial charge in [-0.1, -0.05) is 0 Å². The highest BCUT2D eigenvalue weighted by Gasteiger charge is 2.24. The van der Waals surface area contributed by atoms with Crippen LogP contribution in [-0.4, -0.2) is 29.6 Å². The standard InChI is InChI=1S/C13H16FNO4/c1-13(2,7-11(16)17)15-12(18)8-4-5-9(14)10(6-8)19-3/h4-6H,7H2,1-3H3,(H,15,18)(H,16,17). The lowest BCUT2D eigenvalue weighted by Gasteiger charge is -2.24. The molecule has 6 heteroatoms. The summed E-state index contributed by atoms with van der Waals surface area (Å²) in [7, 11) is 1.30. The number of methoxy groups -OCH3 is 1. The van der Waals surface area contributed by atoms with Crippen LogP contribution in [-0.2, 0) is 4.79 Å². The van der Waals surface area contributed by atoms with Gasteiger partial charge in [0.1, 0.15) is 0 Å². The van der Waals surface area contributed by atoms with Gasteiger partial charge in [-0.2, -0.15) is 0 Å². The fraction of sp³-hybridized carbons (Fsp3) is 0.385. The number of amides is 1. The molecule has 0 atom stereocenters. The molecule has 0 saturated heterocycles. The van der Waals surface area contributed by atoms with E-state index < -0.39 is 23.2 Å². The molecular weight excluding hydrogens is 253 g/mol. The molecule has 0 aliphatic rings. The van der Waals surface area contributed by atoms with E-state index in [1.807, 2.05) is 0 Å². The average molecular weight is 269 g/mol. The van der Waals surface area contributed by atoms with Gasteiger partial charge in [0.15, 0.2) is 11.6 Å². The van der Waals surface area contributed by atoms with Crippen LogP contribution in [0.3, 0.4) is 0 Å². The Bertz CT molecular complexity index is 499. The van der Waals surface area contributed by atoms with Crippen molar-refractivity contribution < 1.29 is 23.8 Å². The summed E-state index contributed by atoms with van der Waals surface area (Å²) in [5, 5.41) is 11.3. The van der Waals surface area contributed by atoms with Crippen molar-refractivity contribution in [2.75, 3.05) is 7.11 Å². The van der Waals surface area contributed by atoms with E-state index in [4.69, 9.17) is 9.84 Å². The number of carboxylic acid groups (broad SMARTS) is 1. The number of aliphatic carboxylic acids is 1. The first-order valence-electron chi connectivity index (χ1n) is 5.63. The first-order valence-corrected chi connectivity index (χ1v) is 5.63. The molecule has 0 fully saturated rings. The fourth-order valence-corrected chi connectivity index (χ4v) is 1.60. The Labute approximate surface area is 110 Å². The number of ether oxygens (including phenoxy) is 1. The number of halogens is 1. The largest absolute Gasteiger partial charge is 0.494 e. The monoisotopic (exact) mass is 269 g/mol. The lowest BCUT2D eigenvalue weighted by atomic mass is 10.00. The molecule has 0 aromatic heterocycles. The molecule has 0 heterocycles. The van der Waals surface area contributed by atoms with Crippen molar-refractivity contribution in [1.29, 1.82) is 0 Å². The van der Waals surface area contributed by atoms with Crippen LogP contribution in [0.15, 0.2) is 18.2 Å². The average Bonchev–Trinajstić information content (AvgIpc) is 2.26. The summed E-state index contributed by atoms with van der Waals surface area (Å²) in [6.07, 6.45) is -0.211. The Morgan fingerprint density at radius 3 is 2.58 bits per heavy atom. The van der Waals surface area contributed by atoms with E-state index in [1.165, 1.54) is 19.2 Å². The molecule has 1 aromatic carbocycles. The molecule has 2 N–H and O–H groups in total. The molecule has 0 saturated carbocycles. The van der Waals surface area contributed by atoms with Gasteiger partial charge in [0.25, 0.3) is 5.91 Å². The highest BCUT2D eigenvalue weighted by Crippen LogP contribution is 2.19. The van der Waals surface area contributed by atoms with Crippen molar-refractivity contribution in [3.63, 3.8) is 0 Å². The molecule has 0 bridgehead atoms. The number of carbonyl (C=O) groups excluding carboxylic acids is 1. The van der Waals surface area contributed by atoms with Gasteiger partial charge in [-0.3, -0.25) is 9.59 Å². The molecule has 5 nitrogen and oxygen atoms in total. The number of rotatable bonds is 5. The third-order valence-corrected chi connectivity index (χ3v) is 2.46. The quantitative estimate of drug-likeness (QED) is 0.855. The Balaban J connectivity index is 2.86. The van der Waals surface area contributed by atoms with Gasteiger partial charge in [-0.25, -0.2) is 4.39 Å². The van der Waals surface area contributed by atoms with E-state index in [-0.39, 0.29) is 17.7 Å². The van der Waals surface area contributed by atoms with Gasteiger partial charge in [-0.15, -0.1) is 0 Å². The van der Waals surface area contributed by atoms with Gasteiger partial charge in [0.05, 0.1) is 13.5 Å². The first-order chi connectivity index (χ1) is 8.75.